The van der Waals surface area contributed by atoms with Crippen LogP contribution in [0.2, 0.25) is 0 Å². The normalized spacial score (nSPS) is 26.5. The molecule has 0 saturated heterocycles. The van der Waals surface area contributed by atoms with Crippen molar-refractivity contribution in [2.45, 2.75) is 50.5 Å². The summed E-state index contributed by atoms with van der Waals surface area (Å²) in [5.74, 6) is 1.48. The van der Waals surface area contributed by atoms with Gasteiger partial charge in [-0.15, -0.1) is 0 Å². The molecule has 0 bridgehead atoms. The molecule has 1 saturated carbocycles. The summed E-state index contributed by atoms with van der Waals surface area (Å²) >= 11 is 0. The molecule has 0 amide bonds. The molecule has 2 aliphatic carbocycles. The molecule has 1 aromatic heterocycles. The molecule has 19 heavy (non-hydrogen) atoms. The first-order valence-electron chi connectivity index (χ1n) is 7.30. The minimum atomic E-state index is 0.365. The van der Waals surface area contributed by atoms with Crippen LogP contribution in [-0.4, -0.2) is 22.6 Å². The van der Waals surface area contributed by atoms with E-state index in [1.807, 2.05) is 0 Å². The quantitative estimate of drug-likeness (QED) is 0.815. The molecular formula is C15H22N4. The maximum atomic E-state index is 5.83. The van der Waals surface area contributed by atoms with Crippen LogP contribution in [0.4, 0.5) is 5.82 Å². The van der Waals surface area contributed by atoms with Crippen molar-refractivity contribution in [3.05, 3.63) is 29.7 Å². The highest BCUT2D eigenvalue weighted by Gasteiger charge is 2.28. The van der Waals surface area contributed by atoms with E-state index < -0.39 is 0 Å². The Balaban J connectivity index is 1.58. The zero-order valence-corrected chi connectivity index (χ0v) is 11.3. The number of rotatable bonds is 4. The van der Waals surface area contributed by atoms with Crippen molar-refractivity contribution < 1.29 is 0 Å². The lowest BCUT2D eigenvalue weighted by atomic mass is 9.79. The number of aromatic nitrogens is 2. The number of allylic oxidation sites excluding steroid dienone is 1. The van der Waals surface area contributed by atoms with E-state index in [4.69, 9.17) is 5.73 Å². The molecule has 4 nitrogen and oxygen atoms in total. The second-order valence-corrected chi connectivity index (χ2v) is 5.72. The molecule has 3 rings (SSSR count). The second-order valence-electron chi connectivity index (χ2n) is 5.72. The van der Waals surface area contributed by atoms with Crippen LogP contribution in [0, 0.1) is 0 Å². The van der Waals surface area contributed by atoms with E-state index in [0.717, 1.165) is 30.9 Å². The Morgan fingerprint density at radius 2 is 2.16 bits per heavy atom. The molecule has 3 N–H and O–H groups in total. The van der Waals surface area contributed by atoms with Crippen molar-refractivity contribution in [3.63, 3.8) is 0 Å². The van der Waals surface area contributed by atoms with Gasteiger partial charge in [0.25, 0.3) is 0 Å². The van der Waals surface area contributed by atoms with E-state index in [0.29, 0.717) is 12.0 Å². The van der Waals surface area contributed by atoms with Gasteiger partial charge in [0.1, 0.15) is 12.1 Å². The van der Waals surface area contributed by atoms with Gasteiger partial charge in [-0.2, -0.15) is 0 Å². The molecule has 0 spiro atoms. The third-order valence-electron chi connectivity index (χ3n) is 4.16. The first kappa shape index (κ1) is 12.6. The topological polar surface area (TPSA) is 63.8 Å². The fourth-order valence-corrected chi connectivity index (χ4v) is 2.86. The van der Waals surface area contributed by atoms with Crippen molar-refractivity contribution in [3.8, 4) is 0 Å². The highest BCUT2D eigenvalue weighted by Crippen LogP contribution is 2.34. The Kier molecular flexibility index (Phi) is 3.78. The first-order chi connectivity index (χ1) is 9.31. The van der Waals surface area contributed by atoms with Crippen molar-refractivity contribution in [2.24, 2.45) is 5.73 Å². The largest absolute Gasteiger partial charge is 0.366 e. The third kappa shape index (κ3) is 3.13. The number of nitrogens with zero attached hydrogens (tertiary/aromatic N) is 2. The average molecular weight is 258 g/mol. The van der Waals surface area contributed by atoms with Gasteiger partial charge in [0.15, 0.2) is 0 Å². The zero-order chi connectivity index (χ0) is 13.1. The van der Waals surface area contributed by atoms with Gasteiger partial charge < -0.3 is 11.1 Å². The Morgan fingerprint density at radius 3 is 2.89 bits per heavy atom. The van der Waals surface area contributed by atoms with Crippen LogP contribution in [0.15, 0.2) is 24.0 Å². The summed E-state index contributed by atoms with van der Waals surface area (Å²) in [6.45, 7) is 0.917. The van der Waals surface area contributed by atoms with E-state index in [2.05, 4.69) is 27.4 Å². The Bertz CT molecular complexity index is 463. The molecule has 0 unspecified atom stereocenters. The molecular weight excluding hydrogens is 236 g/mol. The van der Waals surface area contributed by atoms with Gasteiger partial charge in [-0.05, 0) is 38.5 Å². The third-order valence-corrected chi connectivity index (χ3v) is 4.16. The monoisotopic (exact) mass is 258 g/mol. The number of anilines is 1. The summed E-state index contributed by atoms with van der Waals surface area (Å²) in [5.41, 5.74) is 8.48. The van der Waals surface area contributed by atoms with E-state index in [1.54, 1.807) is 6.33 Å². The summed E-state index contributed by atoms with van der Waals surface area (Å²) in [4.78, 5) is 8.67. The van der Waals surface area contributed by atoms with Gasteiger partial charge in [-0.25, -0.2) is 9.97 Å². The fraction of sp³-hybridized carbons (Fsp3) is 0.600. The SMILES string of the molecule is NC1CC(c2cc(NCC3=CCCCC3)ncn2)C1. The smallest absolute Gasteiger partial charge is 0.129 e. The van der Waals surface area contributed by atoms with Crippen molar-refractivity contribution >= 4 is 5.82 Å². The number of hydrogen-bond acceptors (Lipinski definition) is 4. The number of nitrogens with two attached hydrogens (primary N) is 1. The van der Waals surface area contributed by atoms with Crippen LogP contribution in [-0.2, 0) is 0 Å². The summed E-state index contributed by atoms with van der Waals surface area (Å²) in [6.07, 6.45) is 11.3. The second kappa shape index (κ2) is 5.70. The Labute approximate surface area is 114 Å². The van der Waals surface area contributed by atoms with Crippen LogP contribution in [0.5, 0.6) is 0 Å². The Morgan fingerprint density at radius 1 is 1.26 bits per heavy atom. The molecule has 1 aromatic rings. The standard InChI is InChI=1S/C15H22N4/c16-13-6-12(7-13)14-8-15(19-10-18-14)17-9-11-4-2-1-3-5-11/h4,8,10,12-13H,1-3,5-7,9,16H2,(H,17,18,19). The first-order valence-corrected chi connectivity index (χ1v) is 7.30. The predicted octanol–water partition coefficient (Wildman–Crippen LogP) is 2.59. The van der Waals surface area contributed by atoms with Crippen molar-refractivity contribution in [1.29, 1.82) is 0 Å². The van der Waals surface area contributed by atoms with Crippen molar-refractivity contribution in [1.82, 2.24) is 9.97 Å². The van der Waals surface area contributed by atoms with Crippen LogP contribution in [0.25, 0.3) is 0 Å². The molecule has 102 valence electrons. The molecule has 2 aliphatic rings. The van der Waals surface area contributed by atoms with Gasteiger partial charge in [0.2, 0.25) is 0 Å². The molecule has 0 aliphatic heterocycles. The fourth-order valence-electron chi connectivity index (χ4n) is 2.86. The van der Waals surface area contributed by atoms with Gasteiger partial charge in [-0.3, -0.25) is 0 Å². The van der Waals surface area contributed by atoms with E-state index >= 15 is 0 Å². The lowest BCUT2D eigenvalue weighted by Crippen LogP contribution is -2.35. The molecule has 0 radical (unpaired) electrons. The Hall–Kier alpha value is -1.42. The van der Waals surface area contributed by atoms with Crippen molar-refractivity contribution in [2.75, 3.05) is 11.9 Å². The number of hydrogen-bond donors (Lipinski definition) is 2. The van der Waals surface area contributed by atoms with Gasteiger partial charge in [0.05, 0.1) is 0 Å². The predicted molar refractivity (Wildman–Crippen MR) is 77.0 cm³/mol. The lowest BCUT2D eigenvalue weighted by molar-refractivity contribution is 0.345. The minimum Gasteiger partial charge on any atom is -0.366 e. The van der Waals surface area contributed by atoms with E-state index in [1.165, 1.54) is 31.3 Å². The van der Waals surface area contributed by atoms with Crippen LogP contribution < -0.4 is 11.1 Å². The average Bonchev–Trinajstić information content (AvgIpc) is 2.43. The molecule has 0 aromatic carbocycles. The lowest BCUT2D eigenvalue weighted by Gasteiger charge is -2.31. The number of nitrogens with one attached hydrogen (secondary N) is 1. The van der Waals surface area contributed by atoms with Crippen LogP contribution in [0.1, 0.15) is 50.1 Å². The maximum Gasteiger partial charge on any atom is 0.129 e. The molecule has 4 heteroatoms. The van der Waals surface area contributed by atoms with Gasteiger partial charge >= 0.3 is 0 Å². The van der Waals surface area contributed by atoms with Gasteiger partial charge in [-0.1, -0.05) is 11.6 Å². The highest BCUT2D eigenvalue weighted by atomic mass is 15.0. The minimum absolute atomic E-state index is 0.365. The summed E-state index contributed by atoms with van der Waals surface area (Å²) in [5, 5.41) is 3.42. The molecule has 1 heterocycles. The molecule has 1 fully saturated rings. The summed E-state index contributed by atoms with van der Waals surface area (Å²) in [6, 6.07) is 2.45. The van der Waals surface area contributed by atoms with E-state index in [9.17, 15) is 0 Å². The van der Waals surface area contributed by atoms with Crippen LogP contribution in [0.3, 0.4) is 0 Å². The van der Waals surface area contributed by atoms with Crippen LogP contribution >= 0.6 is 0 Å². The van der Waals surface area contributed by atoms with E-state index in [-0.39, 0.29) is 0 Å². The highest BCUT2D eigenvalue weighted by molar-refractivity contribution is 5.38. The van der Waals surface area contributed by atoms with Gasteiger partial charge in [0, 0.05) is 30.3 Å². The maximum absolute atomic E-state index is 5.83. The summed E-state index contributed by atoms with van der Waals surface area (Å²) in [7, 11) is 0. The summed E-state index contributed by atoms with van der Waals surface area (Å²) < 4.78 is 0. The molecule has 0 atom stereocenters. The zero-order valence-electron chi connectivity index (χ0n) is 11.3.